The number of hydrazine groups is 1. The topological polar surface area (TPSA) is 123 Å². The molecule has 158 valence electrons. The Morgan fingerprint density at radius 3 is 2.42 bits per heavy atom. The van der Waals surface area contributed by atoms with E-state index in [1.165, 1.54) is 13.0 Å². The summed E-state index contributed by atoms with van der Waals surface area (Å²) < 4.78 is 0. The van der Waals surface area contributed by atoms with Crippen LogP contribution in [0.15, 0.2) is 42.0 Å². The fourth-order valence-corrected chi connectivity index (χ4v) is 4.21. The van der Waals surface area contributed by atoms with E-state index in [0.29, 0.717) is 38.3 Å². The first kappa shape index (κ1) is 20.9. The van der Waals surface area contributed by atoms with Gasteiger partial charge in [0.15, 0.2) is 0 Å². The molecule has 3 aromatic rings. The lowest BCUT2D eigenvalue weighted by Crippen LogP contribution is -2.25. The Morgan fingerprint density at radius 2 is 1.84 bits per heavy atom. The van der Waals surface area contributed by atoms with E-state index in [4.69, 9.17) is 23.2 Å². The molecule has 1 saturated heterocycles. The number of carbonyl (C=O) groups is 3. The van der Waals surface area contributed by atoms with Gasteiger partial charge in [0.05, 0.1) is 5.02 Å². The quantitative estimate of drug-likeness (QED) is 0.382. The van der Waals surface area contributed by atoms with Crippen LogP contribution in [0.1, 0.15) is 28.5 Å². The zero-order valence-corrected chi connectivity index (χ0v) is 17.6. The molecule has 8 nitrogen and oxygen atoms in total. The molecule has 1 aliphatic heterocycles. The lowest BCUT2D eigenvalue weighted by atomic mass is 9.90. The van der Waals surface area contributed by atoms with Gasteiger partial charge < -0.3 is 15.4 Å². The Labute approximate surface area is 186 Å². The van der Waals surface area contributed by atoms with Crippen molar-refractivity contribution >= 4 is 63.1 Å². The molecule has 1 fully saturated rings. The molecule has 5 N–H and O–H groups in total. The SMILES string of the molecule is CC(=O)Nc1ccc(C(=C2CNNC2=O)c2c(C(=O)O)[nH]c3cc(Cl)cc(Cl)c23)cc1. The lowest BCUT2D eigenvalue weighted by molar-refractivity contribution is -0.116. The highest BCUT2D eigenvalue weighted by Crippen LogP contribution is 2.40. The van der Waals surface area contributed by atoms with E-state index in [-0.39, 0.29) is 34.6 Å². The van der Waals surface area contributed by atoms with Crippen molar-refractivity contribution in [1.82, 2.24) is 15.8 Å². The summed E-state index contributed by atoms with van der Waals surface area (Å²) >= 11 is 12.6. The third kappa shape index (κ3) is 3.88. The van der Waals surface area contributed by atoms with Gasteiger partial charge in [0.25, 0.3) is 5.91 Å². The third-order valence-electron chi connectivity index (χ3n) is 4.82. The van der Waals surface area contributed by atoms with Crippen molar-refractivity contribution in [3.05, 3.63) is 68.8 Å². The summed E-state index contributed by atoms with van der Waals surface area (Å²) in [6.07, 6.45) is 0. The predicted octanol–water partition coefficient (Wildman–Crippen LogP) is 3.57. The van der Waals surface area contributed by atoms with Gasteiger partial charge in [-0.25, -0.2) is 10.2 Å². The second-order valence-corrected chi connectivity index (χ2v) is 7.75. The van der Waals surface area contributed by atoms with Gasteiger partial charge in [-0.2, -0.15) is 0 Å². The van der Waals surface area contributed by atoms with Crippen molar-refractivity contribution in [2.45, 2.75) is 6.92 Å². The summed E-state index contributed by atoms with van der Waals surface area (Å²) in [4.78, 5) is 38.8. The molecule has 2 amide bonds. The van der Waals surface area contributed by atoms with Crippen LogP contribution in [0.4, 0.5) is 5.69 Å². The number of H-pyrrole nitrogens is 1. The number of halogens is 2. The normalized spacial score (nSPS) is 15.1. The van der Waals surface area contributed by atoms with E-state index in [2.05, 4.69) is 21.2 Å². The maximum atomic E-state index is 12.6. The molecular weight excluding hydrogens is 443 g/mol. The van der Waals surface area contributed by atoms with E-state index in [9.17, 15) is 19.5 Å². The van der Waals surface area contributed by atoms with Crippen molar-refractivity contribution in [3.8, 4) is 0 Å². The molecule has 31 heavy (non-hydrogen) atoms. The van der Waals surface area contributed by atoms with Gasteiger partial charge in [-0.1, -0.05) is 35.3 Å². The smallest absolute Gasteiger partial charge is 0.352 e. The number of hydrogen-bond acceptors (Lipinski definition) is 4. The minimum atomic E-state index is -1.21. The number of benzene rings is 2. The van der Waals surface area contributed by atoms with Gasteiger partial charge in [-0.3, -0.25) is 15.0 Å². The standard InChI is InChI=1S/C21H16Cl2N4O4/c1-9(28)25-12-4-2-10(3-5-12)16(13-8-24-27-20(13)29)18-17-14(23)6-11(22)7-15(17)26-19(18)21(30)31/h2-7,24,26H,8H2,1H3,(H,25,28)(H,27,29)(H,30,31). The molecule has 0 radical (unpaired) electrons. The number of carbonyl (C=O) groups excluding carboxylic acids is 2. The molecule has 0 unspecified atom stereocenters. The van der Waals surface area contributed by atoms with E-state index in [1.54, 1.807) is 30.3 Å². The van der Waals surface area contributed by atoms with E-state index in [1.807, 2.05) is 0 Å². The number of carboxylic acid groups (broad SMARTS) is 1. The minimum absolute atomic E-state index is 0.118. The van der Waals surface area contributed by atoms with Crippen LogP contribution < -0.4 is 16.2 Å². The van der Waals surface area contributed by atoms with E-state index >= 15 is 0 Å². The molecule has 1 aliphatic rings. The number of fused-ring (bicyclic) bond motifs is 1. The van der Waals surface area contributed by atoms with Crippen LogP contribution in [-0.4, -0.2) is 34.4 Å². The Kier molecular flexibility index (Phi) is 5.45. The number of nitrogens with one attached hydrogen (secondary N) is 4. The first-order valence-corrected chi connectivity index (χ1v) is 9.90. The highest BCUT2D eigenvalue weighted by Gasteiger charge is 2.29. The first-order valence-electron chi connectivity index (χ1n) is 9.15. The summed E-state index contributed by atoms with van der Waals surface area (Å²) in [6, 6.07) is 9.84. The molecule has 0 bridgehead atoms. The molecule has 2 heterocycles. The number of amides is 2. The summed E-state index contributed by atoms with van der Waals surface area (Å²) in [7, 11) is 0. The predicted molar refractivity (Wildman–Crippen MR) is 118 cm³/mol. The molecule has 2 aromatic carbocycles. The van der Waals surface area contributed by atoms with Crippen molar-refractivity contribution in [3.63, 3.8) is 0 Å². The van der Waals surface area contributed by atoms with E-state index < -0.39 is 5.97 Å². The number of rotatable bonds is 4. The third-order valence-corrected chi connectivity index (χ3v) is 5.33. The Bertz CT molecular complexity index is 1280. The number of aromatic carboxylic acids is 1. The van der Waals surface area contributed by atoms with Gasteiger partial charge >= 0.3 is 5.97 Å². The van der Waals surface area contributed by atoms with Gasteiger partial charge in [0, 0.05) is 51.8 Å². The Balaban J connectivity index is 2.04. The molecule has 0 spiro atoms. The fourth-order valence-electron chi connectivity index (χ4n) is 3.62. The molecule has 10 heteroatoms. The van der Waals surface area contributed by atoms with Crippen molar-refractivity contribution in [2.75, 3.05) is 11.9 Å². The number of carboxylic acids is 1. The number of hydrogen-bond donors (Lipinski definition) is 5. The van der Waals surface area contributed by atoms with Crippen molar-refractivity contribution in [1.29, 1.82) is 0 Å². The fraction of sp³-hybridized carbons (Fsp3) is 0.0952. The highest BCUT2D eigenvalue weighted by atomic mass is 35.5. The van der Waals surface area contributed by atoms with Crippen LogP contribution in [0.25, 0.3) is 16.5 Å². The summed E-state index contributed by atoms with van der Waals surface area (Å²) in [5, 5.41) is 13.6. The summed E-state index contributed by atoms with van der Waals surface area (Å²) in [5.41, 5.74) is 7.79. The molecule has 0 aliphatic carbocycles. The van der Waals surface area contributed by atoms with Gasteiger partial charge in [-0.05, 0) is 29.8 Å². The van der Waals surface area contributed by atoms with Crippen molar-refractivity contribution in [2.24, 2.45) is 0 Å². The second-order valence-electron chi connectivity index (χ2n) is 6.91. The van der Waals surface area contributed by atoms with Gasteiger partial charge in [0.1, 0.15) is 5.69 Å². The maximum Gasteiger partial charge on any atom is 0.352 e. The largest absolute Gasteiger partial charge is 0.477 e. The number of aromatic amines is 1. The molecule has 1 aromatic heterocycles. The minimum Gasteiger partial charge on any atom is -0.477 e. The number of aromatic nitrogens is 1. The van der Waals surface area contributed by atoms with Crippen molar-refractivity contribution < 1.29 is 19.5 Å². The monoisotopic (exact) mass is 458 g/mol. The molecule has 0 saturated carbocycles. The number of anilines is 1. The average Bonchev–Trinajstić information content (AvgIpc) is 3.27. The van der Waals surface area contributed by atoms with Crippen LogP contribution in [0.5, 0.6) is 0 Å². The Morgan fingerprint density at radius 1 is 1.13 bits per heavy atom. The zero-order chi connectivity index (χ0) is 22.3. The van der Waals surface area contributed by atoms with Gasteiger partial charge in [0.2, 0.25) is 5.91 Å². The zero-order valence-electron chi connectivity index (χ0n) is 16.1. The van der Waals surface area contributed by atoms with Crippen LogP contribution in [-0.2, 0) is 9.59 Å². The highest BCUT2D eigenvalue weighted by molar-refractivity contribution is 6.39. The lowest BCUT2D eigenvalue weighted by Gasteiger charge is -2.13. The van der Waals surface area contributed by atoms with Gasteiger partial charge in [-0.15, -0.1) is 0 Å². The molecule has 0 atom stereocenters. The average molecular weight is 459 g/mol. The second kappa shape index (κ2) is 8.07. The maximum absolute atomic E-state index is 12.6. The first-order chi connectivity index (χ1) is 14.8. The van der Waals surface area contributed by atoms with Crippen LogP contribution in [0.3, 0.4) is 0 Å². The summed E-state index contributed by atoms with van der Waals surface area (Å²) in [6.45, 7) is 1.58. The van der Waals surface area contributed by atoms with Crippen LogP contribution in [0.2, 0.25) is 10.0 Å². The summed E-state index contributed by atoms with van der Waals surface area (Å²) in [5.74, 6) is -1.81. The van der Waals surface area contributed by atoms with Crippen LogP contribution in [0, 0.1) is 0 Å². The van der Waals surface area contributed by atoms with Crippen LogP contribution >= 0.6 is 23.2 Å². The molecular formula is C21H16Cl2N4O4. The van der Waals surface area contributed by atoms with E-state index in [0.717, 1.165) is 0 Å². The molecule has 4 rings (SSSR count). The Hall–Kier alpha value is -3.33.